The summed E-state index contributed by atoms with van der Waals surface area (Å²) in [5.74, 6) is 0. The highest BCUT2D eigenvalue weighted by Crippen LogP contribution is 2.35. The first kappa shape index (κ1) is 15.8. The summed E-state index contributed by atoms with van der Waals surface area (Å²) in [6, 6.07) is 3.97. The fourth-order valence-electron chi connectivity index (χ4n) is 4.09. The molecular weight excluding hydrogens is 246 g/mol. The second-order valence-corrected chi connectivity index (χ2v) is 6.67. The van der Waals surface area contributed by atoms with Crippen LogP contribution in [0.4, 0.5) is 0 Å². The third-order valence-corrected chi connectivity index (χ3v) is 5.28. The van der Waals surface area contributed by atoms with Crippen molar-refractivity contribution in [3.8, 4) is 6.07 Å². The Morgan fingerprint density at radius 1 is 1.25 bits per heavy atom. The van der Waals surface area contributed by atoms with Crippen LogP contribution in [0.3, 0.4) is 0 Å². The Hall–Kier alpha value is -0.590. The lowest BCUT2D eigenvalue weighted by Gasteiger charge is -2.35. The van der Waals surface area contributed by atoms with E-state index in [0.29, 0.717) is 6.04 Å². The third-order valence-electron chi connectivity index (χ3n) is 5.28. The summed E-state index contributed by atoms with van der Waals surface area (Å²) in [4.78, 5) is 2.75. The van der Waals surface area contributed by atoms with Crippen LogP contribution in [-0.2, 0) is 0 Å². The minimum atomic E-state index is -0.245. The van der Waals surface area contributed by atoms with Gasteiger partial charge in [0.15, 0.2) is 0 Å². The van der Waals surface area contributed by atoms with Gasteiger partial charge in [-0.3, -0.25) is 10.2 Å². The molecule has 1 heterocycles. The van der Waals surface area contributed by atoms with Crippen molar-refractivity contribution >= 4 is 0 Å². The molecule has 0 bridgehead atoms. The molecule has 2 fully saturated rings. The number of nitriles is 1. The molecule has 1 saturated carbocycles. The molecule has 114 valence electrons. The highest BCUT2D eigenvalue weighted by atomic mass is 15.2. The van der Waals surface area contributed by atoms with Gasteiger partial charge in [0.05, 0.1) is 6.07 Å². The number of likely N-dealkylation sites (tertiary alicyclic amines) is 1. The zero-order valence-corrected chi connectivity index (χ0v) is 13.3. The fraction of sp³-hybridized carbons (Fsp3) is 0.941. The molecule has 1 N–H and O–H groups in total. The van der Waals surface area contributed by atoms with Crippen LogP contribution in [-0.4, -0.2) is 35.6 Å². The Labute approximate surface area is 124 Å². The number of hydrogen-bond donors (Lipinski definition) is 1. The normalized spacial score (nSPS) is 35.6. The minimum absolute atomic E-state index is 0.245. The predicted molar refractivity (Wildman–Crippen MR) is 83.5 cm³/mol. The lowest BCUT2D eigenvalue weighted by atomic mass is 9.98. The zero-order chi connectivity index (χ0) is 14.4. The van der Waals surface area contributed by atoms with Crippen LogP contribution in [0.15, 0.2) is 0 Å². The summed E-state index contributed by atoms with van der Waals surface area (Å²) in [5, 5.41) is 13.1. The Morgan fingerprint density at radius 2 is 2.10 bits per heavy atom. The van der Waals surface area contributed by atoms with Crippen LogP contribution < -0.4 is 5.32 Å². The molecule has 1 saturated heterocycles. The van der Waals surface area contributed by atoms with Crippen molar-refractivity contribution in [3.63, 3.8) is 0 Å². The maximum Gasteiger partial charge on any atom is 0.108 e. The second-order valence-electron chi connectivity index (χ2n) is 6.67. The molecule has 2 aliphatic rings. The molecule has 3 atom stereocenters. The van der Waals surface area contributed by atoms with E-state index < -0.39 is 0 Å². The van der Waals surface area contributed by atoms with Crippen molar-refractivity contribution in [2.24, 2.45) is 0 Å². The van der Waals surface area contributed by atoms with Crippen molar-refractivity contribution < 1.29 is 0 Å². The van der Waals surface area contributed by atoms with Crippen molar-refractivity contribution in [3.05, 3.63) is 0 Å². The van der Waals surface area contributed by atoms with Gasteiger partial charge < -0.3 is 0 Å². The van der Waals surface area contributed by atoms with Crippen molar-refractivity contribution in [2.75, 3.05) is 13.1 Å². The summed E-state index contributed by atoms with van der Waals surface area (Å²) >= 11 is 0. The van der Waals surface area contributed by atoms with Crippen molar-refractivity contribution in [1.82, 2.24) is 10.2 Å². The van der Waals surface area contributed by atoms with E-state index in [1.807, 2.05) is 0 Å². The molecule has 0 aromatic rings. The van der Waals surface area contributed by atoms with E-state index in [2.05, 4.69) is 30.1 Å². The van der Waals surface area contributed by atoms with Crippen LogP contribution in [0.2, 0.25) is 0 Å². The monoisotopic (exact) mass is 277 g/mol. The number of nitrogens with zero attached hydrogens (tertiary/aromatic N) is 2. The predicted octanol–water partition coefficient (Wildman–Crippen LogP) is 3.46. The largest absolute Gasteiger partial charge is 0.299 e. The van der Waals surface area contributed by atoms with Gasteiger partial charge in [-0.05, 0) is 58.0 Å². The summed E-state index contributed by atoms with van der Waals surface area (Å²) in [6.07, 6.45) is 11.1. The number of rotatable bonds is 5. The van der Waals surface area contributed by atoms with Gasteiger partial charge in [-0.2, -0.15) is 5.26 Å². The average Bonchev–Trinajstić information content (AvgIpc) is 2.76. The topological polar surface area (TPSA) is 39.1 Å². The van der Waals surface area contributed by atoms with Gasteiger partial charge in [-0.15, -0.1) is 0 Å². The first-order valence-electron chi connectivity index (χ1n) is 8.66. The highest BCUT2D eigenvalue weighted by Gasteiger charge is 2.42. The van der Waals surface area contributed by atoms with Gasteiger partial charge in [0.25, 0.3) is 0 Å². The maximum atomic E-state index is 9.61. The molecule has 0 aromatic carbocycles. The number of nitrogens with one attached hydrogen (secondary N) is 1. The number of hydrogen-bond acceptors (Lipinski definition) is 3. The van der Waals surface area contributed by atoms with E-state index in [-0.39, 0.29) is 5.54 Å². The molecule has 1 aliphatic carbocycles. The molecule has 20 heavy (non-hydrogen) atoms. The van der Waals surface area contributed by atoms with Gasteiger partial charge in [0.1, 0.15) is 5.54 Å². The van der Waals surface area contributed by atoms with Gasteiger partial charge in [-0.25, -0.2) is 0 Å². The first-order chi connectivity index (χ1) is 9.74. The standard InChI is InChI=1S/C17H31N3/c1-3-11-19-17(14-18)10-9-16(13-17)20-12-7-5-6-8-15(20)4-2/h15-16,19H,3-13H2,1-2H3. The lowest BCUT2D eigenvalue weighted by molar-refractivity contribution is 0.130. The molecule has 3 heteroatoms. The molecule has 0 amide bonds. The van der Waals surface area contributed by atoms with Gasteiger partial charge in [0, 0.05) is 12.1 Å². The van der Waals surface area contributed by atoms with E-state index in [4.69, 9.17) is 0 Å². The molecular formula is C17H31N3. The van der Waals surface area contributed by atoms with Crippen LogP contribution in [0.25, 0.3) is 0 Å². The Kier molecular flexibility index (Phi) is 5.86. The minimum Gasteiger partial charge on any atom is -0.299 e. The molecule has 1 aliphatic heterocycles. The van der Waals surface area contributed by atoms with Gasteiger partial charge >= 0.3 is 0 Å². The Balaban J connectivity index is 2.00. The Morgan fingerprint density at radius 3 is 2.80 bits per heavy atom. The zero-order valence-electron chi connectivity index (χ0n) is 13.3. The van der Waals surface area contributed by atoms with Gasteiger partial charge in [0.2, 0.25) is 0 Å². The summed E-state index contributed by atoms with van der Waals surface area (Å²) < 4.78 is 0. The molecule has 0 aromatic heterocycles. The SMILES string of the molecule is CCCNC1(C#N)CCC(N2CCCCCC2CC)C1. The Bertz CT molecular complexity index is 336. The summed E-state index contributed by atoms with van der Waals surface area (Å²) in [7, 11) is 0. The molecule has 0 spiro atoms. The van der Waals surface area contributed by atoms with Crippen LogP contribution in [0, 0.1) is 11.3 Å². The average molecular weight is 277 g/mol. The van der Waals surface area contributed by atoms with Crippen LogP contribution in [0.5, 0.6) is 0 Å². The maximum absolute atomic E-state index is 9.61. The highest BCUT2D eigenvalue weighted by molar-refractivity contribution is 5.13. The summed E-state index contributed by atoms with van der Waals surface area (Å²) in [6.45, 7) is 6.72. The van der Waals surface area contributed by atoms with E-state index in [0.717, 1.165) is 31.8 Å². The first-order valence-corrected chi connectivity index (χ1v) is 8.66. The third kappa shape index (κ3) is 3.54. The quantitative estimate of drug-likeness (QED) is 0.836. The smallest absolute Gasteiger partial charge is 0.108 e. The molecule has 3 unspecified atom stereocenters. The van der Waals surface area contributed by atoms with E-state index in [9.17, 15) is 5.26 Å². The summed E-state index contributed by atoms with van der Waals surface area (Å²) in [5.41, 5.74) is -0.245. The van der Waals surface area contributed by atoms with E-state index in [1.165, 1.54) is 45.1 Å². The second kappa shape index (κ2) is 7.43. The van der Waals surface area contributed by atoms with Crippen LogP contribution in [0.1, 0.15) is 71.6 Å². The van der Waals surface area contributed by atoms with Crippen molar-refractivity contribution in [2.45, 2.75) is 89.3 Å². The van der Waals surface area contributed by atoms with Gasteiger partial charge in [-0.1, -0.05) is 26.7 Å². The molecule has 2 rings (SSSR count). The van der Waals surface area contributed by atoms with Crippen LogP contribution >= 0.6 is 0 Å². The molecule has 0 radical (unpaired) electrons. The molecule has 3 nitrogen and oxygen atoms in total. The van der Waals surface area contributed by atoms with E-state index >= 15 is 0 Å². The fourth-order valence-corrected chi connectivity index (χ4v) is 4.09. The van der Waals surface area contributed by atoms with Crippen molar-refractivity contribution in [1.29, 1.82) is 5.26 Å². The van der Waals surface area contributed by atoms with E-state index in [1.54, 1.807) is 0 Å². The lowest BCUT2D eigenvalue weighted by Crippen LogP contribution is -2.46.